The van der Waals surface area contributed by atoms with Gasteiger partial charge in [0.1, 0.15) is 5.69 Å². The van der Waals surface area contributed by atoms with Gasteiger partial charge in [-0.2, -0.15) is 27.1 Å². The molecule has 1 saturated heterocycles. The lowest BCUT2D eigenvalue weighted by Gasteiger charge is -2.26. The Morgan fingerprint density at radius 2 is 1.89 bits per heavy atom. The number of aryl methyl sites for hydroxylation is 1. The van der Waals surface area contributed by atoms with Gasteiger partial charge >= 0.3 is 12.1 Å². The summed E-state index contributed by atoms with van der Waals surface area (Å²) in [6, 6.07) is 1.68. The molecule has 0 aliphatic carbocycles. The average Bonchev–Trinajstić information content (AvgIpc) is 3.04. The van der Waals surface area contributed by atoms with E-state index < -0.39 is 23.7 Å². The van der Waals surface area contributed by atoms with Gasteiger partial charge in [-0.25, -0.2) is 9.50 Å². The second-order valence-corrected chi connectivity index (χ2v) is 6.36. The van der Waals surface area contributed by atoms with E-state index in [1.165, 1.54) is 6.92 Å². The normalized spacial score (nSPS) is 16.5. The molecule has 0 atom stereocenters. The largest absolute Gasteiger partial charge is 0.459 e. The zero-order valence-electron chi connectivity index (χ0n) is 14.9. The highest BCUT2D eigenvalue weighted by Gasteiger charge is 2.60. The minimum atomic E-state index is -5.81. The number of ether oxygens (including phenoxy) is 1. The monoisotopic (exact) mass is 407 g/mol. The molecule has 2 aromatic heterocycles. The van der Waals surface area contributed by atoms with Gasteiger partial charge < -0.3 is 10.1 Å². The van der Waals surface area contributed by atoms with E-state index in [0.29, 0.717) is 30.3 Å². The summed E-state index contributed by atoms with van der Waals surface area (Å²) in [4.78, 5) is 18.2. The first-order chi connectivity index (χ1) is 13.1. The van der Waals surface area contributed by atoms with Crippen LogP contribution in [0.25, 0.3) is 5.65 Å². The maximum atomic E-state index is 13.9. The van der Waals surface area contributed by atoms with E-state index in [1.807, 2.05) is 0 Å². The average molecular weight is 407 g/mol. The van der Waals surface area contributed by atoms with Crippen molar-refractivity contribution < 1.29 is 31.5 Å². The van der Waals surface area contributed by atoms with Crippen molar-refractivity contribution in [2.45, 2.75) is 19.0 Å². The number of nitrogens with one attached hydrogen (secondary N) is 1. The molecule has 12 heteroatoms. The molecule has 0 spiro atoms. The predicted octanol–water partition coefficient (Wildman–Crippen LogP) is 1.75. The summed E-state index contributed by atoms with van der Waals surface area (Å²) in [6.07, 6.45) is -5.81. The van der Waals surface area contributed by atoms with Crippen LogP contribution in [0.3, 0.4) is 0 Å². The summed E-state index contributed by atoms with van der Waals surface area (Å²) in [6.45, 7) is 4.75. The van der Waals surface area contributed by atoms with Crippen molar-refractivity contribution in [3.8, 4) is 0 Å². The van der Waals surface area contributed by atoms with Crippen LogP contribution in [-0.2, 0) is 10.7 Å². The molecule has 1 N–H and O–H groups in total. The van der Waals surface area contributed by atoms with Gasteiger partial charge in [-0.1, -0.05) is 0 Å². The fourth-order valence-corrected chi connectivity index (χ4v) is 2.82. The molecule has 154 valence electrons. The third-order valence-electron chi connectivity index (χ3n) is 4.28. The molecule has 0 unspecified atom stereocenters. The lowest BCUT2D eigenvalue weighted by Crippen LogP contribution is -2.41. The Balaban J connectivity index is 1.79. The van der Waals surface area contributed by atoms with Crippen LogP contribution in [0, 0.1) is 6.92 Å². The number of hydrogen-bond donors (Lipinski definition) is 1. The Morgan fingerprint density at radius 3 is 2.54 bits per heavy atom. The molecule has 2 aromatic rings. The fraction of sp³-hybridized carbons (Fsp3) is 0.562. The van der Waals surface area contributed by atoms with Crippen molar-refractivity contribution in [3.63, 3.8) is 0 Å². The number of amides is 1. The van der Waals surface area contributed by atoms with Gasteiger partial charge in [0.2, 0.25) is 0 Å². The number of hydrogen-bond acceptors (Lipinski definition) is 5. The van der Waals surface area contributed by atoms with Crippen molar-refractivity contribution in [3.05, 3.63) is 29.2 Å². The second kappa shape index (κ2) is 7.59. The number of nitrogens with zero attached hydrogens (tertiary/aromatic N) is 4. The summed E-state index contributed by atoms with van der Waals surface area (Å²) in [5, 5.41) is 6.20. The third kappa shape index (κ3) is 4.07. The molecular formula is C16H18F5N5O2. The van der Waals surface area contributed by atoms with Crippen LogP contribution in [0.4, 0.5) is 22.0 Å². The highest BCUT2D eigenvalue weighted by molar-refractivity contribution is 5.93. The summed E-state index contributed by atoms with van der Waals surface area (Å²) in [7, 11) is 0. The van der Waals surface area contributed by atoms with Gasteiger partial charge in [0.25, 0.3) is 5.91 Å². The number of halogens is 5. The third-order valence-corrected chi connectivity index (χ3v) is 4.28. The standard InChI is InChI=1S/C16H18F5N5O2/c1-10-8-12(15(17,18)16(19,20)21)26-13(23-10)9-11(24-26)14(27)22-2-3-25-4-6-28-7-5-25/h8-9H,2-7H2,1H3,(H,22,27). The van der Waals surface area contributed by atoms with Crippen LogP contribution in [-0.4, -0.2) is 71.0 Å². The molecule has 1 amide bonds. The number of rotatable bonds is 5. The first kappa shape index (κ1) is 20.4. The number of morpholine rings is 1. The van der Waals surface area contributed by atoms with Crippen molar-refractivity contribution in [1.29, 1.82) is 0 Å². The number of carbonyl (C=O) groups is 1. The summed E-state index contributed by atoms with van der Waals surface area (Å²) in [5.41, 5.74) is -2.00. The zero-order chi connectivity index (χ0) is 20.5. The number of alkyl halides is 5. The topological polar surface area (TPSA) is 71.8 Å². The van der Waals surface area contributed by atoms with Gasteiger partial charge in [0.05, 0.1) is 13.2 Å². The SMILES string of the molecule is Cc1cc(C(F)(F)C(F)(F)F)n2nc(C(=O)NCCN3CCOCC3)cc2n1. The van der Waals surface area contributed by atoms with Gasteiger partial charge in [-0.15, -0.1) is 0 Å². The van der Waals surface area contributed by atoms with Gasteiger partial charge in [-0.05, 0) is 13.0 Å². The molecule has 3 rings (SSSR count). The molecule has 0 aromatic carbocycles. The highest BCUT2D eigenvalue weighted by Crippen LogP contribution is 2.43. The minimum Gasteiger partial charge on any atom is -0.379 e. The van der Waals surface area contributed by atoms with Crippen LogP contribution < -0.4 is 5.32 Å². The summed E-state index contributed by atoms with van der Waals surface area (Å²) >= 11 is 0. The summed E-state index contributed by atoms with van der Waals surface area (Å²) in [5.74, 6) is -5.83. The minimum absolute atomic E-state index is 0.0504. The smallest absolute Gasteiger partial charge is 0.379 e. The van der Waals surface area contributed by atoms with E-state index in [9.17, 15) is 26.7 Å². The van der Waals surface area contributed by atoms with Crippen molar-refractivity contribution in [1.82, 2.24) is 24.8 Å². The lowest BCUT2D eigenvalue weighted by atomic mass is 10.2. The van der Waals surface area contributed by atoms with Crippen LogP contribution in [0.5, 0.6) is 0 Å². The highest BCUT2D eigenvalue weighted by atomic mass is 19.4. The number of carbonyl (C=O) groups excluding carboxylic acids is 1. The molecule has 1 aliphatic rings. The van der Waals surface area contributed by atoms with Crippen molar-refractivity contribution in [2.24, 2.45) is 0 Å². The molecule has 28 heavy (non-hydrogen) atoms. The molecule has 0 radical (unpaired) electrons. The molecule has 1 fully saturated rings. The van der Waals surface area contributed by atoms with Crippen LogP contribution in [0.2, 0.25) is 0 Å². The first-order valence-corrected chi connectivity index (χ1v) is 8.50. The molecule has 0 saturated carbocycles. The molecule has 1 aliphatic heterocycles. The Morgan fingerprint density at radius 1 is 1.21 bits per heavy atom. The summed E-state index contributed by atoms with van der Waals surface area (Å²) < 4.78 is 71.6. The fourth-order valence-electron chi connectivity index (χ4n) is 2.82. The molecule has 7 nitrogen and oxygen atoms in total. The van der Waals surface area contributed by atoms with Crippen LogP contribution in [0.15, 0.2) is 12.1 Å². The molecule has 3 heterocycles. The predicted molar refractivity (Wildman–Crippen MR) is 87.3 cm³/mol. The maximum absolute atomic E-state index is 13.9. The van der Waals surface area contributed by atoms with Gasteiger partial charge in [-0.3, -0.25) is 9.69 Å². The Hall–Kier alpha value is -2.34. The van der Waals surface area contributed by atoms with Crippen LogP contribution in [0.1, 0.15) is 21.9 Å². The van der Waals surface area contributed by atoms with E-state index in [4.69, 9.17) is 4.74 Å². The van der Waals surface area contributed by atoms with E-state index >= 15 is 0 Å². The maximum Gasteiger partial charge on any atom is 0.459 e. The van der Waals surface area contributed by atoms with E-state index in [0.717, 1.165) is 19.2 Å². The molecule has 0 bridgehead atoms. The zero-order valence-corrected chi connectivity index (χ0v) is 14.9. The second-order valence-electron chi connectivity index (χ2n) is 6.36. The quantitative estimate of drug-likeness (QED) is 0.765. The number of fused-ring (bicyclic) bond motifs is 1. The van der Waals surface area contributed by atoms with E-state index in [1.54, 1.807) is 0 Å². The number of aromatic nitrogens is 3. The van der Waals surface area contributed by atoms with E-state index in [-0.39, 0.29) is 23.6 Å². The molecular weight excluding hydrogens is 389 g/mol. The van der Waals surface area contributed by atoms with E-state index in [2.05, 4.69) is 20.3 Å². The Kier molecular flexibility index (Phi) is 5.53. The van der Waals surface area contributed by atoms with Crippen LogP contribution >= 0.6 is 0 Å². The van der Waals surface area contributed by atoms with Crippen molar-refractivity contribution in [2.75, 3.05) is 39.4 Å². The van der Waals surface area contributed by atoms with Gasteiger partial charge in [0, 0.05) is 37.9 Å². The van der Waals surface area contributed by atoms with Crippen molar-refractivity contribution >= 4 is 11.6 Å². The van der Waals surface area contributed by atoms with Gasteiger partial charge in [0.15, 0.2) is 11.3 Å². The Labute approximate surface area is 156 Å². The lowest BCUT2D eigenvalue weighted by molar-refractivity contribution is -0.291. The first-order valence-electron chi connectivity index (χ1n) is 8.50. The Bertz CT molecular complexity index is 861.